The van der Waals surface area contributed by atoms with E-state index in [0.29, 0.717) is 16.8 Å². The van der Waals surface area contributed by atoms with Gasteiger partial charge in [0.2, 0.25) is 0 Å². The van der Waals surface area contributed by atoms with Gasteiger partial charge in [0, 0.05) is 12.2 Å². The van der Waals surface area contributed by atoms with Crippen LogP contribution in [0.5, 0.6) is 5.75 Å². The summed E-state index contributed by atoms with van der Waals surface area (Å²) in [5.41, 5.74) is 1.95. The smallest absolute Gasteiger partial charge is 0.319 e. The van der Waals surface area contributed by atoms with Crippen LogP contribution in [0, 0.1) is 12.7 Å². The van der Waals surface area contributed by atoms with Crippen LogP contribution in [0.25, 0.3) is 0 Å². The van der Waals surface area contributed by atoms with Crippen molar-refractivity contribution in [1.29, 1.82) is 0 Å². The molecule has 2 aromatic rings. The number of ether oxygens (including phenoxy) is 1. The second-order valence-corrected chi connectivity index (χ2v) is 4.62. The maximum absolute atomic E-state index is 13.4. The summed E-state index contributed by atoms with van der Waals surface area (Å²) in [5.74, 6) is 0.445. The Bertz CT molecular complexity index is 627. The SMILES string of the molecule is COc1ccc(NC(=O)NCc2ccc(C)c(F)c2)cc1. The predicted molar refractivity (Wildman–Crippen MR) is 80.0 cm³/mol. The van der Waals surface area contributed by atoms with Gasteiger partial charge < -0.3 is 15.4 Å². The fourth-order valence-corrected chi connectivity index (χ4v) is 1.78. The molecular formula is C16H17FN2O2. The molecule has 0 heterocycles. The quantitative estimate of drug-likeness (QED) is 0.905. The van der Waals surface area contributed by atoms with Crippen LogP contribution >= 0.6 is 0 Å². The van der Waals surface area contributed by atoms with E-state index in [2.05, 4.69) is 10.6 Å². The van der Waals surface area contributed by atoms with Gasteiger partial charge in [0.05, 0.1) is 7.11 Å². The van der Waals surface area contributed by atoms with Crippen molar-refractivity contribution in [2.75, 3.05) is 12.4 Å². The molecule has 2 aromatic carbocycles. The summed E-state index contributed by atoms with van der Waals surface area (Å²) in [6.45, 7) is 1.96. The Hall–Kier alpha value is -2.56. The standard InChI is InChI=1S/C16H17FN2O2/c1-11-3-4-12(9-15(11)17)10-18-16(20)19-13-5-7-14(21-2)8-6-13/h3-9H,10H2,1-2H3,(H2,18,19,20). The number of methoxy groups -OCH3 is 1. The first-order valence-corrected chi connectivity index (χ1v) is 6.52. The summed E-state index contributed by atoms with van der Waals surface area (Å²) in [6.07, 6.45) is 0. The van der Waals surface area contributed by atoms with Crippen molar-refractivity contribution < 1.29 is 13.9 Å². The average molecular weight is 288 g/mol. The van der Waals surface area contributed by atoms with Crippen LogP contribution in [-0.2, 0) is 6.54 Å². The lowest BCUT2D eigenvalue weighted by Crippen LogP contribution is -2.28. The van der Waals surface area contributed by atoms with Crippen molar-refractivity contribution in [2.24, 2.45) is 0 Å². The van der Waals surface area contributed by atoms with E-state index in [1.807, 2.05) is 0 Å². The molecule has 21 heavy (non-hydrogen) atoms. The van der Waals surface area contributed by atoms with Crippen molar-refractivity contribution in [3.8, 4) is 5.75 Å². The zero-order chi connectivity index (χ0) is 15.2. The third kappa shape index (κ3) is 4.21. The maximum atomic E-state index is 13.4. The van der Waals surface area contributed by atoms with Gasteiger partial charge in [-0.15, -0.1) is 0 Å². The number of rotatable bonds is 4. The fourth-order valence-electron chi connectivity index (χ4n) is 1.78. The number of carbonyl (C=O) groups is 1. The molecule has 0 bridgehead atoms. The van der Waals surface area contributed by atoms with Crippen molar-refractivity contribution in [3.05, 3.63) is 59.4 Å². The van der Waals surface area contributed by atoms with E-state index < -0.39 is 0 Å². The normalized spacial score (nSPS) is 10.0. The van der Waals surface area contributed by atoms with Crippen molar-refractivity contribution >= 4 is 11.7 Å². The molecule has 110 valence electrons. The summed E-state index contributed by atoms with van der Waals surface area (Å²) in [7, 11) is 1.58. The van der Waals surface area contributed by atoms with E-state index >= 15 is 0 Å². The van der Waals surface area contributed by atoms with E-state index in [0.717, 1.165) is 5.75 Å². The third-order valence-corrected chi connectivity index (χ3v) is 3.04. The Kier molecular flexibility index (Phi) is 4.77. The van der Waals surface area contributed by atoms with Crippen LogP contribution in [0.15, 0.2) is 42.5 Å². The number of hydrogen-bond donors (Lipinski definition) is 2. The molecule has 0 fully saturated rings. The highest BCUT2D eigenvalue weighted by atomic mass is 19.1. The Morgan fingerprint density at radius 1 is 1.19 bits per heavy atom. The largest absolute Gasteiger partial charge is 0.497 e. The Morgan fingerprint density at radius 2 is 1.90 bits per heavy atom. The minimum absolute atomic E-state index is 0.263. The molecule has 0 aliphatic carbocycles. The van der Waals surface area contributed by atoms with Gasteiger partial charge in [0.15, 0.2) is 0 Å². The molecule has 5 heteroatoms. The van der Waals surface area contributed by atoms with Crippen LogP contribution < -0.4 is 15.4 Å². The highest BCUT2D eigenvalue weighted by Crippen LogP contribution is 2.15. The van der Waals surface area contributed by atoms with Crippen molar-refractivity contribution in [1.82, 2.24) is 5.32 Å². The molecule has 2 amide bonds. The lowest BCUT2D eigenvalue weighted by atomic mass is 10.1. The van der Waals surface area contributed by atoms with Crippen LogP contribution in [0.1, 0.15) is 11.1 Å². The van der Waals surface area contributed by atoms with Crippen LogP contribution in [-0.4, -0.2) is 13.1 Å². The molecule has 2 N–H and O–H groups in total. The molecule has 0 aliphatic heterocycles. The number of carbonyl (C=O) groups excluding carboxylic acids is 1. The summed E-state index contributed by atoms with van der Waals surface area (Å²) < 4.78 is 18.4. The van der Waals surface area contributed by atoms with Crippen molar-refractivity contribution in [2.45, 2.75) is 13.5 Å². The molecule has 0 unspecified atom stereocenters. The topological polar surface area (TPSA) is 50.4 Å². The number of halogens is 1. The minimum atomic E-state index is -0.346. The van der Waals surface area contributed by atoms with E-state index in [9.17, 15) is 9.18 Å². The molecule has 4 nitrogen and oxygen atoms in total. The van der Waals surface area contributed by atoms with Gasteiger partial charge in [-0.3, -0.25) is 0 Å². The van der Waals surface area contributed by atoms with Gasteiger partial charge in [0.1, 0.15) is 11.6 Å². The molecule has 0 saturated heterocycles. The van der Waals surface area contributed by atoms with Crippen molar-refractivity contribution in [3.63, 3.8) is 0 Å². The number of aryl methyl sites for hydroxylation is 1. The first-order valence-electron chi connectivity index (χ1n) is 6.52. The number of anilines is 1. The first-order chi connectivity index (χ1) is 10.1. The van der Waals surface area contributed by atoms with E-state index in [4.69, 9.17) is 4.74 Å². The highest BCUT2D eigenvalue weighted by Gasteiger charge is 2.04. The second kappa shape index (κ2) is 6.74. The molecule has 0 saturated carbocycles. The highest BCUT2D eigenvalue weighted by molar-refractivity contribution is 5.89. The molecule has 0 spiro atoms. The number of urea groups is 1. The molecule has 0 aromatic heterocycles. The summed E-state index contributed by atoms with van der Waals surface area (Å²) >= 11 is 0. The Balaban J connectivity index is 1.87. The third-order valence-electron chi connectivity index (χ3n) is 3.04. The van der Waals surface area contributed by atoms with Crippen LogP contribution in [0.3, 0.4) is 0 Å². The van der Waals surface area contributed by atoms with Gasteiger partial charge in [-0.05, 0) is 48.4 Å². The number of benzene rings is 2. The van der Waals surface area contributed by atoms with Gasteiger partial charge in [-0.1, -0.05) is 12.1 Å². The van der Waals surface area contributed by atoms with Gasteiger partial charge in [0.25, 0.3) is 0 Å². The van der Waals surface area contributed by atoms with Gasteiger partial charge >= 0.3 is 6.03 Å². The molecule has 0 aliphatic rings. The van der Waals surface area contributed by atoms with E-state index in [-0.39, 0.29) is 18.4 Å². The molecule has 2 rings (SSSR count). The van der Waals surface area contributed by atoms with E-state index in [1.54, 1.807) is 50.4 Å². The Labute approximate surface area is 122 Å². The van der Waals surface area contributed by atoms with Gasteiger partial charge in [-0.25, -0.2) is 9.18 Å². The number of nitrogens with one attached hydrogen (secondary N) is 2. The maximum Gasteiger partial charge on any atom is 0.319 e. The van der Waals surface area contributed by atoms with Gasteiger partial charge in [-0.2, -0.15) is 0 Å². The summed E-state index contributed by atoms with van der Waals surface area (Å²) in [5, 5.41) is 5.36. The minimum Gasteiger partial charge on any atom is -0.497 e. The van der Waals surface area contributed by atoms with E-state index in [1.165, 1.54) is 6.07 Å². The summed E-state index contributed by atoms with van der Waals surface area (Å²) in [4.78, 5) is 11.7. The zero-order valence-corrected chi connectivity index (χ0v) is 11.9. The molecule has 0 radical (unpaired) electrons. The first kappa shape index (κ1) is 14.8. The number of amides is 2. The Morgan fingerprint density at radius 3 is 2.52 bits per heavy atom. The second-order valence-electron chi connectivity index (χ2n) is 4.62. The lowest BCUT2D eigenvalue weighted by molar-refractivity contribution is 0.251. The zero-order valence-electron chi connectivity index (χ0n) is 11.9. The molecule has 0 atom stereocenters. The average Bonchev–Trinajstić information content (AvgIpc) is 2.49. The number of hydrogen-bond acceptors (Lipinski definition) is 2. The monoisotopic (exact) mass is 288 g/mol. The van der Waals surface area contributed by atoms with Crippen LogP contribution in [0.2, 0.25) is 0 Å². The fraction of sp³-hybridized carbons (Fsp3) is 0.188. The lowest BCUT2D eigenvalue weighted by Gasteiger charge is -2.09. The summed E-state index contributed by atoms with van der Waals surface area (Å²) in [6, 6.07) is 11.5. The molecular weight excluding hydrogens is 271 g/mol. The predicted octanol–water partition coefficient (Wildman–Crippen LogP) is 3.46. The van der Waals surface area contributed by atoms with Crippen LogP contribution in [0.4, 0.5) is 14.9 Å².